The number of hydrogen-bond donors (Lipinski definition) is 1. The van der Waals surface area contributed by atoms with Crippen molar-refractivity contribution in [3.05, 3.63) is 6.92 Å². The molecule has 0 bridgehead atoms. The second kappa shape index (κ2) is 2.28. The minimum Gasteiger partial charge on any atom is -0.326 e. The molecule has 1 aliphatic rings. The summed E-state index contributed by atoms with van der Waals surface area (Å²) in [5, 5.41) is 2.48. The third-order valence-corrected chi connectivity index (χ3v) is 1.52. The van der Waals surface area contributed by atoms with Crippen molar-refractivity contribution in [2.75, 3.05) is 7.05 Å². The SMILES string of the molecule is [CH2]CC1NC(=O)N(C)C1=O. The molecule has 1 N–H and O–H groups in total. The molecule has 1 aliphatic heterocycles. The van der Waals surface area contributed by atoms with Crippen LogP contribution in [0.15, 0.2) is 0 Å². The number of nitrogens with zero attached hydrogens (tertiary/aromatic N) is 1. The Kier molecular flexibility index (Phi) is 1.61. The molecule has 0 spiro atoms. The summed E-state index contributed by atoms with van der Waals surface area (Å²) in [4.78, 5) is 22.7. The molecule has 4 heteroatoms. The fourth-order valence-corrected chi connectivity index (χ4v) is 0.837. The summed E-state index contributed by atoms with van der Waals surface area (Å²) >= 11 is 0. The number of amides is 3. The Morgan fingerprint density at radius 1 is 1.70 bits per heavy atom. The van der Waals surface area contributed by atoms with Crippen molar-refractivity contribution in [2.24, 2.45) is 0 Å². The van der Waals surface area contributed by atoms with E-state index in [4.69, 9.17) is 0 Å². The van der Waals surface area contributed by atoms with Crippen LogP contribution in [0.3, 0.4) is 0 Å². The maximum absolute atomic E-state index is 10.9. The van der Waals surface area contributed by atoms with E-state index in [1.54, 1.807) is 0 Å². The van der Waals surface area contributed by atoms with Crippen LogP contribution >= 0.6 is 0 Å². The van der Waals surface area contributed by atoms with Gasteiger partial charge in [0.15, 0.2) is 0 Å². The predicted octanol–water partition coefficient (Wildman–Crippen LogP) is -0.239. The van der Waals surface area contributed by atoms with Gasteiger partial charge in [0.05, 0.1) is 0 Å². The minimum absolute atomic E-state index is 0.194. The summed E-state index contributed by atoms with van der Waals surface area (Å²) in [6.07, 6.45) is 0.412. The van der Waals surface area contributed by atoms with Crippen LogP contribution in [-0.2, 0) is 4.79 Å². The maximum Gasteiger partial charge on any atom is 0.324 e. The average molecular weight is 141 g/mol. The van der Waals surface area contributed by atoms with Crippen molar-refractivity contribution in [2.45, 2.75) is 12.5 Å². The molecule has 1 fully saturated rings. The van der Waals surface area contributed by atoms with Crippen LogP contribution < -0.4 is 5.32 Å². The molecule has 1 heterocycles. The molecular formula is C6H9N2O2. The molecule has 1 unspecified atom stereocenters. The summed E-state index contributed by atoms with van der Waals surface area (Å²) in [6.45, 7) is 3.52. The summed E-state index contributed by atoms with van der Waals surface area (Å²) < 4.78 is 0. The fourth-order valence-electron chi connectivity index (χ4n) is 0.837. The van der Waals surface area contributed by atoms with E-state index >= 15 is 0 Å². The van der Waals surface area contributed by atoms with Crippen LogP contribution in [0.4, 0.5) is 4.79 Å². The van der Waals surface area contributed by atoms with Crippen LogP contribution in [0.25, 0.3) is 0 Å². The zero-order valence-corrected chi connectivity index (χ0v) is 5.76. The van der Waals surface area contributed by atoms with Crippen molar-refractivity contribution >= 4 is 11.9 Å². The van der Waals surface area contributed by atoms with Crippen molar-refractivity contribution in [3.63, 3.8) is 0 Å². The van der Waals surface area contributed by atoms with Gasteiger partial charge in [0, 0.05) is 7.05 Å². The largest absolute Gasteiger partial charge is 0.326 e. The summed E-state index contributed by atoms with van der Waals surface area (Å²) in [6, 6.07) is -0.740. The second-order valence-electron chi connectivity index (χ2n) is 2.19. The predicted molar refractivity (Wildman–Crippen MR) is 35.1 cm³/mol. The zero-order valence-electron chi connectivity index (χ0n) is 5.76. The lowest BCUT2D eigenvalue weighted by atomic mass is 10.2. The Hall–Kier alpha value is -1.06. The van der Waals surface area contributed by atoms with Gasteiger partial charge in [-0.05, 0) is 6.42 Å². The van der Waals surface area contributed by atoms with E-state index < -0.39 is 6.04 Å². The van der Waals surface area contributed by atoms with Crippen molar-refractivity contribution in [1.82, 2.24) is 10.2 Å². The molecule has 0 aromatic heterocycles. The van der Waals surface area contributed by atoms with Gasteiger partial charge in [0.1, 0.15) is 6.04 Å². The molecule has 1 radical (unpaired) electrons. The molecule has 1 saturated heterocycles. The average Bonchev–Trinajstić information content (AvgIpc) is 2.17. The molecule has 55 valence electrons. The Morgan fingerprint density at radius 2 is 2.30 bits per heavy atom. The van der Waals surface area contributed by atoms with Crippen LogP contribution in [0.2, 0.25) is 0 Å². The van der Waals surface area contributed by atoms with Gasteiger partial charge in [-0.2, -0.15) is 0 Å². The van der Waals surface area contributed by atoms with Gasteiger partial charge < -0.3 is 5.32 Å². The van der Waals surface area contributed by atoms with Gasteiger partial charge in [0.25, 0.3) is 5.91 Å². The van der Waals surface area contributed by atoms with Crippen molar-refractivity contribution < 1.29 is 9.59 Å². The van der Waals surface area contributed by atoms with E-state index in [9.17, 15) is 9.59 Å². The highest BCUT2D eigenvalue weighted by atomic mass is 16.2. The Labute approximate surface area is 59.2 Å². The number of nitrogens with one attached hydrogen (secondary N) is 1. The lowest BCUT2D eigenvalue weighted by molar-refractivity contribution is -0.126. The van der Waals surface area contributed by atoms with E-state index in [1.165, 1.54) is 7.05 Å². The highest BCUT2D eigenvalue weighted by Crippen LogP contribution is 2.04. The van der Waals surface area contributed by atoms with E-state index in [0.29, 0.717) is 6.42 Å². The Bertz CT molecular complexity index is 179. The lowest BCUT2D eigenvalue weighted by Crippen LogP contribution is -2.27. The number of carbonyl (C=O) groups excluding carboxylic acids is 2. The van der Waals surface area contributed by atoms with E-state index in [1.807, 2.05) is 0 Å². The first-order valence-electron chi connectivity index (χ1n) is 3.04. The molecule has 0 aromatic rings. The molecule has 0 aromatic carbocycles. The van der Waals surface area contributed by atoms with Gasteiger partial charge in [-0.3, -0.25) is 9.69 Å². The standard InChI is InChI=1S/C6H9N2O2/c1-3-4-5(9)8(2)6(10)7-4/h4H,1,3H2,2H3,(H,7,10). The van der Waals surface area contributed by atoms with Gasteiger partial charge in [0.2, 0.25) is 0 Å². The van der Waals surface area contributed by atoms with Crippen molar-refractivity contribution in [1.29, 1.82) is 0 Å². The van der Waals surface area contributed by atoms with Crippen LogP contribution in [-0.4, -0.2) is 29.9 Å². The van der Waals surface area contributed by atoms with Crippen LogP contribution in [0, 0.1) is 6.92 Å². The molecule has 4 nitrogen and oxygen atoms in total. The molecule has 0 saturated carbocycles. The van der Waals surface area contributed by atoms with Gasteiger partial charge >= 0.3 is 6.03 Å². The molecule has 10 heavy (non-hydrogen) atoms. The quantitative estimate of drug-likeness (QED) is 0.512. The number of rotatable bonds is 1. The molecule has 0 aliphatic carbocycles. The summed E-state index contributed by atoms with van der Waals surface area (Å²) in [7, 11) is 1.45. The summed E-state index contributed by atoms with van der Waals surface area (Å²) in [5.41, 5.74) is 0. The minimum atomic E-state index is -0.405. The van der Waals surface area contributed by atoms with Crippen LogP contribution in [0.1, 0.15) is 6.42 Å². The number of imide groups is 1. The number of carbonyl (C=O) groups is 2. The second-order valence-corrected chi connectivity index (χ2v) is 2.19. The number of urea groups is 1. The molecular weight excluding hydrogens is 132 g/mol. The topological polar surface area (TPSA) is 49.4 Å². The van der Waals surface area contributed by atoms with Crippen LogP contribution in [0.5, 0.6) is 0 Å². The van der Waals surface area contributed by atoms with Gasteiger partial charge in [-0.1, -0.05) is 6.92 Å². The Balaban J connectivity index is 2.71. The normalized spacial score (nSPS) is 25.4. The van der Waals surface area contributed by atoms with E-state index in [-0.39, 0.29) is 11.9 Å². The third kappa shape index (κ3) is 0.853. The smallest absolute Gasteiger partial charge is 0.324 e. The van der Waals surface area contributed by atoms with Gasteiger partial charge in [-0.25, -0.2) is 4.79 Å². The molecule has 3 amide bonds. The first-order chi connectivity index (χ1) is 4.66. The zero-order chi connectivity index (χ0) is 7.72. The highest BCUT2D eigenvalue weighted by Gasteiger charge is 2.33. The first-order valence-corrected chi connectivity index (χ1v) is 3.04. The van der Waals surface area contributed by atoms with Gasteiger partial charge in [-0.15, -0.1) is 0 Å². The number of hydrogen-bond acceptors (Lipinski definition) is 2. The highest BCUT2D eigenvalue weighted by molar-refractivity contribution is 6.03. The third-order valence-electron chi connectivity index (χ3n) is 1.52. The van der Waals surface area contributed by atoms with E-state index in [2.05, 4.69) is 12.2 Å². The fraction of sp³-hybridized carbons (Fsp3) is 0.500. The number of likely N-dealkylation sites (N-methyl/N-ethyl adjacent to an activating group) is 1. The lowest BCUT2D eigenvalue weighted by Gasteiger charge is -2.02. The van der Waals surface area contributed by atoms with E-state index in [0.717, 1.165) is 4.90 Å². The Morgan fingerprint density at radius 3 is 2.50 bits per heavy atom. The van der Waals surface area contributed by atoms with Crippen molar-refractivity contribution in [3.8, 4) is 0 Å². The first kappa shape index (κ1) is 7.05. The monoisotopic (exact) mass is 141 g/mol. The maximum atomic E-state index is 10.9. The summed E-state index contributed by atoms with van der Waals surface area (Å²) in [5.74, 6) is -0.194. The molecule has 1 rings (SSSR count). The molecule has 1 atom stereocenters.